The minimum absolute atomic E-state index is 0.0119. The third-order valence-corrected chi connectivity index (χ3v) is 4.05. The number of thiophene rings is 1. The average molecular weight is 253 g/mol. The lowest BCUT2D eigenvalue weighted by Gasteiger charge is -2.09. The molecule has 0 radical (unpaired) electrons. The van der Waals surface area contributed by atoms with Crippen LogP contribution in [0.3, 0.4) is 0 Å². The lowest BCUT2D eigenvalue weighted by molar-refractivity contribution is -0.141. The highest BCUT2D eigenvalue weighted by Gasteiger charge is 2.33. The Kier molecular flexibility index (Phi) is 3.78. The summed E-state index contributed by atoms with van der Waals surface area (Å²) >= 11 is 1.60. The van der Waals surface area contributed by atoms with Crippen molar-refractivity contribution in [1.82, 2.24) is 5.32 Å². The number of amides is 1. The fourth-order valence-electron chi connectivity index (χ4n) is 2.18. The van der Waals surface area contributed by atoms with Crippen molar-refractivity contribution in [2.75, 3.05) is 0 Å². The van der Waals surface area contributed by atoms with Gasteiger partial charge in [0.2, 0.25) is 5.91 Å². The molecule has 0 aliphatic heterocycles. The molecule has 92 valence electrons. The largest absolute Gasteiger partial charge is 0.481 e. The molecule has 2 atom stereocenters. The summed E-state index contributed by atoms with van der Waals surface area (Å²) in [6.45, 7) is 0.546. The Balaban J connectivity index is 1.79. The van der Waals surface area contributed by atoms with E-state index in [2.05, 4.69) is 5.32 Å². The summed E-state index contributed by atoms with van der Waals surface area (Å²) in [4.78, 5) is 23.7. The van der Waals surface area contributed by atoms with Crippen molar-refractivity contribution in [3.8, 4) is 0 Å². The molecule has 1 fully saturated rings. The van der Waals surface area contributed by atoms with Crippen molar-refractivity contribution in [1.29, 1.82) is 0 Å². The fourth-order valence-corrected chi connectivity index (χ4v) is 2.82. The zero-order chi connectivity index (χ0) is 12.3. The maximum atomic E-state index is 11.8. The van der Waals surface area contributed by atoms with E-state index in [9.17, 15) is 9.59 Å². The SMILES string of the molecule is O=C(O)[C@H]1CC[C@@H](C(=O)NCc2cccs2)C1. The van der Waals surface area contributed by atoms with Crippen molar-refractivity contribution in [3.63, 3.8) is 0 Å². The van der Waals surface area contributed by atoms with E-state index in [1.807, 2.05) is 17.5 Å². The molecule has 4 nitrogen and oxygen atoms in total. The molecule has 0 unspecified atom stereocenters. The van der Waals surface area contributed by atoms with Gasteiger partial charge in [-0.05, 0) is 30.7 Å². The van der Waals surface area contributed by atoms with Crippen molar-refractivity contribution in [2.24, 2.45) is 11.8 Å². The second-order valence-electron chi connectivity index (χ2n) is 4.34. The molecule has 1 saturated carbocycles. The van der Waals surface area contributed by atoms with Crippen LogP contribution in [0, 0.1) is 11.8 Å². The average Bonchev–Trinajstić information content (AvgIpc) is 2.96. The highest BCUT2D eigenvalue weighted by molar-refractivity contribution is 7.09. The number of hydrogen-bond acceptors (Lipinski definition) is 3. The first-order chi connectivity index (χ1) is 8.16. The van der Waals surface area contributed by atoms with E-state index in [0.717, 1.165) is 4.88 Å². The lowest BCUT2D eigenvalue weighted by atomic mass is 10.0. The predicted molar refractivity (Wildman–Crippen MR) is 64.6 cm³/mol. The van der Waals surface area contributed by atoms with E-state index < -0.39 is 5.97 Å². The second kappa shape index (κ2) is 5.31. The molecule has 17 heavy (non-hydrogen) atoms. The lowest BCUT2D eigenvalue weighted by Crippen LogP contribution is -2.29. The number of carboxylic acid groups (broad SMARTS) is 1. The predicted octanol–water partition coefficient (Wildman–Crippen LogP) is 1.87. The van der Waals surface area contributed by atoms with Gasteiger partial charge in [0.05, 0.1) is 12.5 Å². The van der Waals surface area contributed by atoms with E-state index >= 15 is 0 Å². The maximum Gasteiger partial charge on any atom is 0.306 e. The maximum absolute atomic E-state index is 11.8. The molecule has 1 aliphatic carbocycles. The molecule has 2 N–H and O–H groups in total. The van der Waals surface area contributed by atoms with Gasteiger partial charge >= 0.3 is 5.97 Å². The molecule has 0 spiro atoms. The standard InChI is InChI=1S/C12H15NO3S/c14-11(13-7-10-2-1-5-17-10)8-3-4-9(6-8)12(15)16/h1-2,5,8-9H,3-4,6-7H2,(H,13,14)(H,15,16)/t8-,9+/m1/s1. The Morgan fingerprint density at radius 2 is 2.18 bits per heavy atom. The van der Waals surface area contributed by atoms with E-state index in [1.165, 1.54) is 0 Å². The van der Waals surface area contributed by atoms with Gasteiger partial charge in [-0.3, -0.25) is 9.59 Å². The normalized spacial score (nSPS) is 23.5. The second-order valence-corrected chi connectivity index (χ2v) is 5.37. The van der Waals surface area contributed by atoms with Crippen LogP contribution in [0.2, 0.25) is 0 Å². The first kappa shape index (κ1) is 12.1. The van der Waals surface area contributed by atoms with Crippen LogP contribution in [0.25, 0.3) is 0 Å². The van der Waals surface area contributed by atoms with Gasteiger partial charge < -0.3 is 10.4 Å². The molecule has 2 rings (SSSR count). The molecule has 0 saturated heterocycles. The van der Waals surface area contributed by atoms with Crippen LogP contribution in [0.5, 0.6) is 0 Å². The third kappa shape index (κ3) is 3.06. The number of rotatable bonds is 4. The van der Waals surface area contributed by atoms with Gasteiger partial charge in [0.25, 0.3) is 0 Å². The Morgan fingerprint density at radius 1 is 1.41 bits per heavy atom. The van der Waals surface area contributed by atoms with Crippen LogP contribution in [-0.2, 0) is 16.1 Å². The monoisotopic (exact) mass is 253 g/mol. The molecule has 1 heterocycles. The molecular formula is C12H15NO3S. The molecule has 1 amide bonds. The molecule has 1 aliphatic rings. The van der Waals surface area contributed by atoms with Crippen LogP contribution in [0.4, 0.5) is 0 Å². The summed E-state index contributed by atoms with van der Waals surface area (Å²) in [5.74, 6) is -1.26. The minimum atomic E-state index is -0.779. The van der Waals surface area contributed by atoms with Gasteiger partial charge in [0.15, 0.2) is 0 Å². The van der Waals surface area contributed by atoms with Crippen molar-refractivity contribution >= 4 is 23.2 Å². The topological polar surface area (TPSA) is 66.4 Å². The summed E-state index contributed by atoms with van der Waals surface area (Å²) in [7, 11) is 0. The van der Waals surface area contributed by atoms with Crippen LogP contribution in [0.1, 0.15) is 24.1 Å². The van der Waals surface area contributed by atoms with E-state index in [0.29, 0.717) is 25.8 Å². The summed E-state index contributed by atoms with van der Waals surface area (Å²) < 4.78 is 0. The number of nitrogens with one attached hydrogen (secondary N) is 1. The Hall–Kier alpha value is -1.36. The first-order valence-corrected chi connectivity index (χ1v) is 6.57. The highest BCUT2D eigenvalue weighted by atomic mass is 32.1. The summed E-state index contributed by atoms with van der Waals surface area (Å²) in [5.41, 5.74) is 0. The fraction of sp³-hybridized carbons (Fsp3) is 0.500. The van der Waals surface area contributed by atoms with Gasteiger partial charge in [0.1, 0.15) is 0 Å². The smallest absolute Gasteiger partial charge is 0.306 e. The van der Waals surface area contributed by atoms with Gasteiger partial charge in [-0.15, -0.1) is 11.3 Å². The van der Waals surface area contributed by atoms with Crippen LogP contribution < -0.4 is 5.32 Å². The van der Waals surface area contributed by atoms with Gasteiger partial charge in [-0.2, -0.15) is 0 Å². The van der Waals surface area contributed by atoms with Crippen molar-refractivity contribution < 1.29 is 14.7 Å². The van der Waals surface area contributed by atoms with Gasteiger partial charge in [-0.25, -0.2) is 0 Å². The van der Waals surface area contributed by atoms with Crippen LogP contribution >= 0.6 is 11.3 Å². The summed E-state index contributed by atoms with van der Waals surface area (Å²) in [6.07, 6.45) is 1.78. The minimum Gasteiger partial charge on any atom is -0.481 e. The number of carbonyl (C=O) groups excluding carboxylic acids is 1. The highest BCUT2D eigenvalue weighted by Crippen LogP contribution is 2.31. The van der Waals surface area contributed by atoms with Crippen LogP contribution in [0.15, 0.2) is 17.5 Å². The Morgan fingerprint density at radius 3 is 2.76 bits per heavy atom. The molecular weight excluding hydrogens is 238 g/mol. The molecule has 1 aromatic heterocycles. The number of carbonyl (C=O) groups is 2. The van der Waals surface area contributed by atoms with E-state index in [-0.39, 0.29) is 17.7 Å². The van der Waals surface area contributed by atoms with Crippen molar-refractivity contribution in [2.45, 2.75) is 25.8 Å². The summed E-state index contributed by atoms with van der Waals surface area (Å²) in [5, 5.41) is 13.7. The van der Waals surface area contributed by atoms with Gasteiger partial charge in [-0.1, -0.05) is 6.07 Å². The number of hydrogen-bond donors (Lipinski definition) is 2. The van der Waals surface area contributed by atoms with Crippen LogP contribution in [-0.4, -0.2) is 17.0 Å². The number of carboxylic acids is 1. The zero-order valence-electron chi connectivity index (χ0n) is 9.39. The van der Waals surface area contributed by atoms with Crippen molar-refractivity contribution in [3.05, 3.63) is 22.4 Å². The Labute approximate surface area is 104 Å². The molecule has 0 bridgehead atoms. The quantitative estimate of drug-likeness (QED) is 0.860. The molecule has 0 aromatic carbocycles. The summed E-state index contributed by atoms with van der Waals surface area (Å²) in [6, 6.07) is 3.92. The third-order valence-electron chi connectivity index (χ3n) is 3.17. The Bertz CT molecular complexity index is 402. The number of aliphatic carboxylic acids is 1. The molecule has 1 aromatic rings. The first-order valence-electron chi connectivity index (χ1n) is 5.69. The molecule has 5 heteroatoms. The van der Waals surface area contributed by atoms with E-state index in [1.54, 1.807) is 11.3 Å². The zero-order valence-corrected chi connectivity index (χ0v) is 10.2. The van der Waals surface area contributed by atoms with E-state index in [4.69, 9.17) is 5.11 Å². The van der Waals surface area contributed by atoms with Gasteiger partial charge in [0, 0.05) is 10.8 Å².